The Kier molecular flexibility index (Phi) is 4.78. The Morgan fingerprint density at radius 2 is 2.05 bits per heavy atom. The molecule has 0 aromatic heterocycles. The van der Waals surface area contributed by atoms with Crippen molar-refractivity contribution in [1.29, 1.82) is 5.26 Å². The molecule has 8 heteroatoms. The van der Waals surface area contributed by atoms with Crippen LogP contribution in [0.3, 0.4) is 0 Å². The van der Waals surface area contributed by atoms with Crippen LogP contribution in [0.15, 0.2) is 29.4 Å². The molecule has 0 bridgehead atoms. The summed E-state index contributed by atoms with van der Waals surface area (Å²) in [6.45, 7) is 1.94. The fourth-order valence-corrected chi connectivity index (χ4v) is 3.71. The number of hydrogen-bond donors (Lipinski definition) is 2. The van der Waals surface area contributed by atoms with Gasteiger partial charge in [0.15, 0.2) is 9.84 Å². The van der Waals surface area contributed by atoms with Crippen LogP contribution in [-0.2, 0) is 14.6 Å². The van der Waals surface area contributed by atoms with E-state index in [1.54, 1.807) is 18.2 Å². The van der Waals surface area contributed by atoms with E-state index in [4.69, 9.17) is 5.26 Å². The molecule has 1 amide bonds. The van der Waals surface area contributed by atoms with Crippen molar-refractivity contribution >= 4 is 27.1 Å². The van der Waals surface area contributed by atoms with Crippen LogP contribution in [0.25, 0.3) is 0 Å². The standard InChI is InChI=1S/C14H16N4O3S/c1-10-2-4-11(5-3-10)17-18-13(8-15)14(19)16-12-6-7-22(20,21)9-12/h2-5,12,17H,6-7,9H2,1H3,(H,16,19)/b18-13-. The second kappa shape index (κ2) is 6.58. The number of carbonyl (C=O) groups excluding carboxylic acids is 1. The maximum Gasteiger partial charge on any atom is 0.282 e. The molecule has 1 fully saturated rings. The first-order valence-electron chi connectivity index (χ1n) is 6.71. The van der Waals surface area contributed by atoms with Gasteiger partial charge in [-0.05, 0) is 25.5 Å². The lowest BCUT2D eigenvalue weighted by molar-refractivity contribution is -0.115. The van der Waals surface area contributed by atoms with Gasteiger partial charge in [0, 0.05) is 6.04 Å². The summed E-state index contributed by atoms with van der Waals surface area (Å²) in [6, 6.07) is 8.52. The smallest absolute Gasteiger partial charge is 0.282 e. The Bertz CT molecular complexity index is 732. The SMILES string of the molecule is Cc1ccc(N/N=C(/C#N)C(=O)NC2CCS(=O)(=O)C2)cc1. The molecule has 22 heavy (non-hydrogen) atoms. The minimum absolute atomic E-state index is 0.0542. The Morgan fingerprint density at radius 3 is 2.59 bits per heavy atom. The number of nitrogens with zero attached hydrogens (tertiary/aromatic N) is 2. The molecule has 1 unspecified atom stereocenters. The average Bonchev–Trinajstić information content (AvgIpc) is 2.80. The van der Waals surface area contributed by atoms with E-state index in [-0.39, 0.29) is 17.2 Å². The highest BCUT2D eigenvalue weighted by Gasteiger charge is 2.29. The average molecular weight is 320 g/mol. The zero-order chi connectivity index (χ0) is 16.2. The van der Waals surface area contributed by atoms with E-state index < -0.39 is 21.8 Å². The summed E-state index contributed by atoms with van der Waals surface area (Å²) in [5.41, 5.74) is 4.02. The second-order valence-corrected chi connectivity index (χ2v) is 7.35. The number of aryl methyl sites for hydroxylation is 1. The van der Waals surface area contributed by atoms with E-state index in [0.717, 1.165) is 5.56 Å². The van der Waals surface area contributed by atoms with Crippen molar-refractivity contribution < 1.29 is 13.2 Å². The van der Waals surface area contributed by atoms with Gasteiger partial charge in [-0.15, -0.1) is 0 Å². The van der Waals surface area contributed by atoms with Gasteiger partial charge in [0.1, 0.15) is 6.07 Å². The molecular weight excluding hydrogens is 304 g/mol. The van der Waals surface area contributed by atoms with E-state index in [2.05, 4.69) is 15.8 Å². The number of carbonyl (C=O) groups is 1. The molecular formula is C14H16N4O3S. The number of sulfone groups is 1. The summed E-state index contributed by atoms with van der Waals surface area (Å²) >= 11 is 0. The second-order valence-electron chi connectivity index (χ2n) is 5.12. The summed E-state index contributed by atoms with van der Waals surface area (Å²) in [5, 5.41) is 15.3. The lowest BCUT2D eigenvalue weighted by Gasteiger charge is -2.09. The Balaban J connectivity index is 1.98. The molecule has 1 aliphatic rings. The molecule has 7 nitrogen and oxygen atoms in total. The Hall–Kier alpha value is -2.40. The van der Waals surface area contributed by atoms with Gasteiger partial charge in [-0.25, -0.2) is 8.42 Å². The first-order valence-corrected chi connectivity index (χ1v) is 8.53. The molecule has 2 rings (SSSR count). The van der Waals surface area contributed by atoms with Crippen LogP contribution in [0, 0.1) is 18.3 Å². The molecule has 1 atom stereocenters. The van der Waals surface area contributed by atoms with Crippen LogP contribution in [-0.4, -0.2) is 37.6 Å². The molecule has 2 N–H and O–H groups in total. The lowest BCUT2D eigenvalue weighted by Crippen LogP contribution is -2.39. The number of amides is 1. The van der Waals surface area contributed by atoms with Gasteiger partial charge in [-0.2, -0.15) is 10.4 Å². The van der Waals surface area contributed by atoms with Crippen molar-refractivity contribution in [2.24, 2.45) is 5.10 Å². The van der Waals surface area contributed by atoms with Crippen molar-refractivity contribution in [2.75, 3.05) is 16.9 Å². The summed E-state index contributed by atoms with van der Waals surface area (Å²) < 4.78 is 22.7. The van der Waals surface area contributed by atoms with Gasteiger partial charge < -0.3 is 5.32 Å². The van der Waals surface area contributed by atoms with Crippen LogP contribution < -0.4 is 10.7 Å². The summed E-state index contributed by atoms with van der Waals surface area (Å²) in [4.78, 5) is 11.9. The van der Waals surface area contributed by atoms with Crippen LogP contribution >= 0.6 is 0 Å². The van der Waals surface area contributed by atoms with E-state index >= 15 is 0 Å². The molecule has 0 spiro atoms. The van der Waals surface area contributed by atoms with Crippen molar-refractivity contribution in [3.63, 3.8) is 0 Å². The predicted octanol–water partition coefficient (Wildman–Crippen LogP) is 0.590. The topological polar surface area (TPSA) is 111 Å². The third-order valence-electron chi connectivity index (χ3n) is 3.24. The molecule has 1 heterocycles. The normalized spacial score (nSPS) is 20.2. The minimum Gasteiger partial charge on any atom is -0.346 e. The van der Waals surface area contributed by atoms with Crippen LogP contribution in [0.4, 0.5) is 5.69 Å². The van der Waals surface area contributed by atoms with Crippen LogP contribution in [0.2, 0.25) is 0 Å². The maximum absolute atomic E-state index is 11.9. The minimum atomic E-state index is -3.09. The van der Waals surface area contributed by atoms with Gasteiger partial charge in [0.25, 0.3) is 5.91 Å². The number of hydrogen-bond acceptors (Lipinski definition) is 6. The summed E-state index contributed by atoms with van der Waals surface area (Å²) in [6.07, 6.45) is 0.359. The largest absolute Gasteiger partial charge is 0.346 e. The third kappa shape index (κ3) is 4.30. The molecule has 0 radical (unpaired) electrons. The quantitative estimate of drug-likeness (QED) is 0.623. The van der Waals surface area contributed by atoms with Gasteiger partial charge in [0.05, 0.1) is 17.2 Å². The number of benzene rings is 1. The van der Waals surface area contributed by atoms with Crippen LogP contribution in [0.5, 0.6) is 0 Å². The first kappa shape index (κ1) is 16.0. The zero-order valence-corrected chi connectivity index (χ0v) is 12.9. The van der Waals surface area contributed by atoms with Gasteiger partial charge in [-0.1, -0.05) is 17.7 Å². The molecule has 116 valence electrons. The molecule has 0 saturated carbocycles. The number of hydrazone groups is 1. The van der Waals surface area contributed by atoms with E-state index in [0.29, 0.717) is 12.1 Å². The van der Waals surface area contributed by atoms with E-state index in [1.165, 1.54) is 0 Å². The number of nitrogens with one attached hydrogen (secondary N) is 2. The van der Waals surface area contributed by atoms with Gasteiger partial charge in [0.2, 0.25) is 5.71 Å². The monoisotopic (exact) mass is 320 g/mol. The zero-order valence-electron chi connectivity index (χ0n) is 12.0. The van der Waals surface area contributed by atoms with Crippen molar-refractivity contribution in [3.05, 3.63) is 29.8 Å². The molecule has 1 aromatic carbocycles. The molecule has 1 aromatic rings. The Morgan fingerprint density at radius 1 is 1.36 bits per heavy atom. The maximum atomic E-state index is 11.9. The van der Waals surface area contributed by atoms with Crippen molar-refractivity contribution in [2.45, 2.75) is 19.4 Å². The lowest BCUT2D eigenvalue weighted by atomic mass is 10.2. The molecule has 1 saturated heterocycles. The highest BCUT2D eigenvalue weighted by Crippen LogP contribution is 2.11. The van der Waals surface area contributed by atoms with Gasteiger partial charge >= 0.3 is 0 Å². The van der Waals surface area contributed by atoms with Crippen LogP contribution in [0.1, 0.15) is 12.0 Å². The molecule has 0 aliphatic carbocycles. The highest BCUT2D eigenvalue weighted by atomic mass is 32.2. The number of nitriles is 1. The van der Waals surface area contributed by atoms with E-state index in [9.17, 15) is 13.2 Å². The van der Waals surface area contributed by atoms with Crippen molar-refractivity contribution in [3.8, 4) is 6.07 Å². The summed E-state index contributed by atoms with van der Waals surface area (Å²) in [5.74, 6) is -0.717. The fraction of sp³-hybridized carbons (Fsp3) is 0.357. The molecule has 1 aliphatic heterocycles. The number of anilines is 1. The highest BCUT2D eigenvalue weighted by molar-refractivity contribution is 7.91. The van der Waals surface area contributed by atoms with Crippen molar-refractivity contribution in [1.82, 2.24) is 5.32 Å². The first-order chi connectivity index (χ1) is 10.4. The van der Waals surface area contributed by atoms with E-state index in [1.807, 2.05) is 19.1 Å². The predicted molar refractivity (Wildman–Crippen MR) is 83.1 cm³/mol. The third-order valence-corrected chi connectivity index (χ3v) is 5.00. The Labute approximate surface area is 128 Å². The number of rotatable bonds is 4. The van der Waals surface area contributed by atoms with Gasteiger partial charge in [-0.3, -0.25) is 10.2 Å². The fourth-order valence-electron chi connectivity index (χ4n) is 2.04. The summed E-state index contributed by atoms with van der Waals surface area (Å²) in [7, 11) is -3.09.